The van der Waals surface area contributed by atoms with Crippen LogP contribution in [-0.2, 0) is 9.59 Å². The van der Waals surface area contributed by atoms with Crippen LogP contribution in [0.1, 0.15) is 19.3 Å². The van der Waals surface area contributed by atoms with Gasteiger partial charge in [-0.1, -0.05) is 0 Å². The first-order valence-corrected chi connectivity index (χ1v) is 3.37. The number of hydrogen-bond acceptors (Lipinski definition) is 3. The van der Waals surface area contributed by atoms with Gasteiger partial charge in [-0.05, 0) is 12.8 Å². The molecule has 5 nitrogen and oxygen atoms in total. The summed E-state index contributed by atoms with van der Waals surface area (Å²) in [6, 6.07) is -0.658. The smallest absolute Gasteiger partial charge is 0.234 e. The summed E-state index contributed by atoms with van der Waals surface area (Å²) in [6.07, 6.45) is 1.18. The molecule has 0 aromatic heterocycles. The Morgan fingerprint density at radius 2 is 1.82 bits per heavy atom. The third kappa shape index (κ3) is 5.35. The minimum atomic E-state index is -0.658. The number of primary amides is 2. The lowest BCUT2D eigenvalue weighted by Gasteiger charge is -2.04. The Balaban J connectivity index is 3.39. The third-order valence-corrected chi connectivity index (χ3v) is 1.30. The predicted octanol–water partition coefficient (Wildman–Crippen LogP) is -1.55. The Labute approximate surface area is 64.9 Å². The van der Waals surface area contributed by atoms with Crippen molar-refractivity contribution in [3.63, 3.8) is 0 Å². The molecular weight excluding hydrogens is 146 g/mol. The molecule has 5 heteroatoms. The first-order chi connectivity index (χ1) is 5.04. The van der Waals surface area contributed by atoms with E-state index >= 15 is 0 Å². The van der Waals surface area contributed by atoms with Crippen molar-refractivity contribution in [2.24, 2.45) is 17.2 Å². The van der Waals surface area contributed by atoms with Gasteiger partial charge in [-0.25, -0.2) is 0 Å². The number of amides is 2. The van der Waals surface area contributed by atoms with E-state index in [-0.39, 0.29) is 12.3 Å². The van der Waals surface area contributed by atoms with Crippen LogP contribution >= 0.6 is 0 Å². The largest absolute Gasteiger partial charge is 0.370 e. The van der Waals surface area contributed by atoms with E-state index in [1.165, 1.54) is 0 Å². The summed E-state index contributed by atoms with van der Waals surface area (Å²) in [5.41, 5.74) is 15.0. The van der Waals surface area contributed by atoms with Crippen molar-refractivity contribution in [2.75, 3.05) is 0 Å². The van der Waals surface area contributed by atoms with Gasteiger partial charge in [0, 0.05) is 6.42 Å². The number of carbonyl (C=O) groups is 2. The molecule has 0 spiro atoms. The lowest BCUT2D eigenvalue weighted by Crippen LogP contribution is -2.36. The summed E-state index contributed by atoms with van der Waals surface area (Å²) >= 11 is 0. The topological polar surface area (TPSA) is 112 Å². The molecule has 0 saturated heterocycles. The Hall–Kier alpha value is -1.10. The van der Waals surface area contributed by atoms with Gasteiger partial charge in [-0.15, -0.1) is 0 Å². The van der Waals surface area contributed by atoms with E-state index in [1.807, 2.05) is 0 Å². The molecular formula is C6H13N3O2. The van der Waals surface area contributed by atoms with Gasteiger partial charge in [-0.3, -0.25) is 9.59 Å². The molecule has 0 aliphatic carbocycles. The van der Waals surface area contributed by atoms with Gasteiger partial charge >= 0.3 is 0 Å². The molecule has 0 unspecified atom stereocenters. The lowest BCUT2D eigenvalue weighted by molar-refractivity contribution is -0.120. The molecule has 0 aliphatic rings. The molecule has 2 amide bonds. The van der Waals surface area contributed by atoms with E-state index in [4.69, 9.17) is 17.2 Å². The van der Waals surface area contributed by atoms with Crippen LogP contribution < -0.4 is 17.2 Å². The van der Waals surface area contributed by atoms with Crippen LogP contribution in [0, 0.1) is 0 Å². The highest BCUT2D eigenvalue weighted by Crippen LogP contribution is 1.97. The average Bonchev–Trinajstić information content (AvgIpc) is 1.86. The number of carbonyl (C=O) groups excluding carboxylic acids is 2. The second-order valence-corrected chi connectivity index (χ2v) is 2.37. The van der Waals surface area contributed by atoms with Crippen molar-refractivity contribution in [1.82, 2.24) is 0 Å². The maximum atomic E-state index is 10.4. The Kier molecular flexibility index (Phi) is 4.21. The van der Waals surface area contributed by atoms with Crippen LogP contribution in [0.25, 0.3) is 0 Å². The van der Waals surface area contributed by atoms with Crippen molar-refractivity contribution >= 4 is 11.8 Å². The van der Waals surface area contributed by atoms with E-state index in [1.54, 1.807) is 0 Å². The number of rotatable bonds is 5. The Bertz CT molecular complexity index is 158. The van der Waals surface area contributed by atoms with E-state index < -0.39 is 11.9 Å². The van der Waals surface area contributed by atoms with Crippen molar-refractivity contribution in [1.29, 1.82) is 0 Å². The molecule has 0 saturated carbocycles. The van der Waals surface area contributed by atoms with E-state index in [9.17, 15) is 9.59 Å². The van der Waals surface area contributed by atoms with Crippen LogP contribution in [0.3, 0.4) is 0 Å². The predicted molar refractivity (Wildman–Crippen MR) is 40.2 cm³/mol. The molecule has 0 aliphatic heterocycles. The van der Waals surface area contributed by atoms with E-state index in [0.29, 0.717) is 12.8 Å². The molecule has 0 fully saturated rings. The average molecular weight is 159 g/mol. The van der Waals surface area contributed by atoms with Crippen LogP contribution in [0.2, 0.25) is 0 Å². The second-order valence-electron chi connectivity index (χ2n) is 2.37. The van der Waals surface area contributed by atoms with Gasteiger partial charge in [-0.2, -0.15) is 0 Å². The summed E-state index contributed by atoms with van der Waals surface area (Å²) in [6.45, 7) is 0. The van der Waals surface area contributed by atoms with Gasteiger partial charge < -0.3 is 17.2 Å². The zero-order valence-corrected chi connectivity index (χ0v) is 6.25. The minimum Gasteiger partial charge on any atom is -0.370 e. The summed E-state index contributed by atoms with van der Waals surface area (Å²) in [5, 5.41) is 0. The lowest BCUT2D eigenvalue weighted by atomic mass is 10.1. The highest BCUT2D eigenvalue weighted by molar-refractivity contribution is 5.79. The molecule has 0 aromatic rings. The van der Waals surface area contributed by atoms with Crippen LogP contribution in [-0.4, -0.2) is 17.9 Å². The Morgan fingerprint density at radius 1 is 1.27 bits per heavy atom. The van der Waals surface area contributed by atoms with Crippen molar-refractivity contribution in [3.8, 4) is 0 Å². The maximum absolute atomic E-state index is 10.4. The fourth-order valence-electron chi connectivity index (χ4n) is 0.638. The number of nitrogens with two attached hydrogens (primary N) is 3. The minimum absolute atomic E-state index is 0.251. The first kappa shape index (κ1) is 9.90. The first-order valence-electron chi connectivity index (χ1n) is 3.37. The van der Waals surface area contributed by atoms with Gasteiger partial charge in [0.1, 0.15) is 0 Å². The molecule has 0 radical (unpaired) electrons. The van der Waals surface area contributed by atoms with Crippen molar-refractivity contribution in [3.05, 3.63) is 0 Å². The van der Waals surface area contributed by atoms with Gasteiger partial charge in [0.05, 0.1) is 6.04 Å². The van der Waals surface area contributed by atoms with Crippen molar-refractivity contribution in [2.45, 2.75) is 25.3 Å². The molecule has 0 rings (SSSR count). The zero-order chi connectivity index (χ0) is 8.85. The highest BCUT2D eigenvalue weighted by atomic mass is 16.1. The standard InChI is InChI=1S/C6H13N3O2/c7-4(6(9)11)2-1-3-5(8)10/h4H,1-3,7H2,(H2,8,10)(H2,9,11)/t4-/m0/s1. The summed E-state index contributed by atoms with van der Waals surface area (Å²) in [4.78, 5) is 20.6. The molecule has 1 atom stereocenters. The summed E-state index contributed by atoms with van der Waals surface area (Å²) < 4.78 is 0. The Morgan fingerprint density at radius 3 is 2.18 bits per heavy atom. The third-order valence-electron chi connectivity index (χ3n) is 1.30. The molecule has 0 bridgehead atoms. The molecule has 64 valence electrons. The van der Waals surface area contributed by atoms with Gasteiger partial charge in [0.2, 0.25) is 11.8 Å². The molecule has 11 heavy (non-hydrogen) atoms. The highest BCUT2D eigenvalue weighted by Gasteiger charge is 2.08. The van der Waals surface area contributed by atoms with E-state index in [2.05, 4.69) is 0 Å². The monoisotopic (exact) mass is 159 g/mol. The molecule has 0 aromatic carbocycles. The SMILES string of the molecule is NC(=O)CCC[C@H](N)C(N)=O. The molecule has 0 heterocycles. The fourth-order valence-corrected chi connectivity index (χ4v) is 0.638. The normalized spacial score (nSPS) is 12.5. The van der Waals surface area contributed by atoms with Crippen LogP contribution in [0.15, 0.2) is 0 Å². The number of hydrogen-bond donors (Lipinski definition) is 3. The quantitative estimate of drug-likeness (QED) is 0.451. The fraction of sp³-hybridized carbons (Fsp3) is 0.667. The van der Waals surface area contributed by atoms with Crippen molar-refractivity contribution < 1.29 is 9.59 Å². The van der Waals surface area contributed by atoms with Crippen LogP contribution in [0.5, 0.6) is 0 Å². The molecule has 6 N–H and O–H groups in total. The van der Waals surface area contributed by atoms with Gasteiger partial charge in [0.15, 0.2) is 0 Å². The van der Waals surface area contributed by atoms with Gasteiger partial charge in [0.25, 0.3) is 0 Å². The summed E-state index contributed by atoms with van der Waals surface area (Å²) in [7, 11) is 0. The second kappa shape index (κ2) is 4.68. The van der Waals surface area contributed by atoms with E-state index in [0.717, 1.165) is 0 Å². The maximum Gasteiger partial charge on any atom is 0.234 e. The summed E-state index contributed by atoms with van der Waals surface area (Å²) in [5.74, 6) is -0.934. The zero-order valence-electron chi connectivity index (χ0n) is 6.25. The van der Waals surface area contributed by atoms with Crippen LogP contribution in [0.4, 0.5) is 0 Å².